The Morgan fingerprint density at radius 2 is 1.70 bits per heavy atom. The average Bonchev–Trinajstić information content (AvgIpc) is 3.92. The quantitative estimate of drug-likeness (QED) is 0.0544. The normalized spacial score (nSPS) is 15.6. The summed E-state index contributed by atoms with van der Waals surface area (Å²) in [6, 6.07) is 18.7. The second kappa shape index (κ2) is 22.4. The Morgan fingerprint density at radius 3 is 2.35 bits per heavy atom. The molecule has 1 aliphatic rings. The summed E-state index contributed by atoms with van der Waals surface area (Å²) in [6.45, 7) is 7.72. The largest absolute Gasteiger partial charge is 0.491 e. The minimum Gasteiger partial charge on any atom is -0.491 e. The van der Waals surface area contributed by atoms with Gasteiger partial charge in [0.25, 0.3) is 0 Å². The van der Waals surface area contributed by atoms with Gasteiger partial charge in [0.2, 0.25) is 33.7 Å². The number of nitrogens with zero attached hydrogens (tertiary/aromatic N) is 5. The van der Waals surface area contributed by atoms with Crippen LogP contribution in [0.5, 0.6) is 5.75 Å². The molecule has 5 N–H and O–H groups in total. The number of benzene rings is 3. The number of alkyl halides is 3. The molecule has 0 unspecified atom stereocenters. The molecule has 370 valence electrons. The molecule has 0 saturated carbocycles. The van der Waals surface area contributed by atoms with Gasteiger partial charge in [0.1, 0.15) is 35.8 Å². The first-order chi connectivity index (χ1) is 32.6. The van der Waals surface area contributed by atoms with Crippen LogP contribution in [0.2, 0.25) is 0 Å². The van der Waals surface area contributed by atoms with E-state index < -0.39 is 68.9 Å². The van der Waals surface area contributed by atoms with Crippen LogP contribution >= 0.6 is 11.3 Å². The highest BCUT2D eigenvalue weighted by Gasteiger charge is 2.44. The molecule has 0 bridgehead atoms. The molecule has 3 aromatic carbocycles. The Bertz CT molecular complexity index is 2680. The summed E-state index contributed by atoms with van der Waals surface area (Å²) in [4.78, 5) is 55.1. The summed E-state index contributed by atoms with van der Waals surface area (Å²) < 4.78 is 78.0. The van der Waals surface area contributed by atoms with Crippen LogP contribution in [0.1, 0.15) is 56.0 Å². The van der Waals surface area contributed by atoms with Crippen LogP contribution in [0.15, 0.2) is 84.5 Å². The van der Waals surface area contributed by atoms with Crippen molar-refractivity contribution >= 4 is 62.2 Å². The highest BCUT2D eigenvalue weighted by Crippen LogP contribution is 2.35. The summed E-state index contributed by atoms with van der Waals surface area (Å²) in [5.74, 6) is -1.44. The van der Waals surface area contributed by atoms with E-state index in [1.165, 1.54) is 11.9 Å². The number of amides is 3. The molecule has 0 radical (unpaired) electrons. The third-order valence-electron chi connectivity index (χ3n) is 11.1. The van der Waals surface area contributed by atoms with Gasteiger partial charge in [-0.1, -0.05) is 57.2 Å². The minimum atomic E-state index is -4.76. The van der Waals surface area contributed by atoms with E-state index in [9.17, 15) is 41.1 Å². The number of aliphatic hydroxyl groups excluding tert-OH is 1. The maximum Gasteiger partial charge on any atom is 0.421 e. The molecular formula is C47H56F3N9O8S2. The van der Waals surface area contributed by atoms with E-state index in [1.807, 2.05) is 31.2 Å². The number of thiazole rings is 1. The van der Waals surface area contributed by atoms with Crippen LogP contribution in [0.4, 0.5) is 36.3 Å². The van der Waals surface area contributed by atoms with Crippen molar-refractivity contribution in [3.8, 4) is 16.2 Å². The van der Waals surface area contributed by atoms with Crippen molar-refractivity contribution in [1.29, 1.82) is 0 Å². The SMILES string of the molecule is Cc1ncsc1-c1ccc(CNC(=O)[C@@H]2C[C@@H](O)CN2C(=O)[C@@H](NC(=O)CCOCCOc2ccc(Nc3ncc(C(F)(F)F)c(NCc4cccc(N(C)S(C)(=O)=O)c4)n3)cc2)C(C)(C)C)cc1. The Labute approximate surface area is 402 Å². The molecule has 5 aromatic rings. The number of aliphatic hydroxyl groups is 1. The van der Waals surface area contributed by atoms with Gasteiger partial charge in [-0.15, -0.1) is 11.3 Å². The lowest BCUT2D eigenvalue weighted by molar-refractivity contribution is -0.144. The molecule has 3 atom stereocenters. The lowest BCUT2D eigenvalue weighted by Gasteiger charge is -2.35. The maximum atomic E-state index is 14.0. The fraction of sp³-hybridized carbons (Fsp3) is 0.404. The molecule has 0 aliphatic carbocycles. The third kappa shape index (κ3) is 14.3. The molecule has 0 spiro atoms. The highest BCUT2D eigenvalue weighted by atomic mass is 32.2. The number of anilines is 4. The number of sulfonamides is 1. The number of nitrogens with one attached hydrogen (secondary N) is 4. The molecule has 1 fully saturated rings. The number of aromatic nitrogens is 3. The number of carbonyl (C=O) groups excluding carboxylic acids is 3. The molecule has 3 heterocycles. The van der Waals surface area contributed by atoms with Gasteiger partial charge in [-0.25, -0.2) is 18.4 Å². The summed E-state index contributed by atoms with van der Waals surface area (Å²) in [7, 11) is -2.18. The van der Waals surface area contributed by atoms with Gasteiger partial charge in [0, 0.05) is 51.4 Å². The number of rotatable bonds is 20. The molecule has 69 heavy (non-hydrogen) atoms. The van der Waals surface area contributed by atoms with Crippen LogP contribution in [-0.4, -0.2) is 109 Å². The second-order valence-corrected chi connectivity index (χ2v) is 20.4. The lowest BCUT2D eigenvalue weighted by Crippen LogP contribution is -2.57. The zero-order valence-electron chi connectivity index (χ0n) is 39.0. The van der Waals surface area contributed by atoms with Crippen molar-refractivity contribution in [3.05, 3.63) is 107 Å². The monoisotopic (exact) mass is 995 g/mol. The molecule has 22 heteroatoms. The number of hydrogen-bond acceptors (Lipinski definition) is 14. The summed E-state index contributed by atoms with van der Waals surface area (Å²) in [5, 5.41) is 21.8. The lowest BCUT2D eigenvalue weighted by atomic mass is 9.85. The van der Waals surface area contributed by atoms with E-state index in [2.05, 4.69) is 36.2 Å². The van der Waals surface area contributed by atoms with Crippen molar-refractivity contribution in [2.45, 2.75) is 78.0 Å². The van der Waals surface area contributed by atoms with Crippen molar-refractivity contribution in [2.75, 3.05) is 54.6 Å². The van der Waals surface area contributed by atoms with Crippen molar-refractivity contribution in [1.82, 2.24) is 30.5 Å². The summed E-state index contributed by atoms with van der Waals surface area (Å²) in [6.07, 6.45) is -3.95. The van der Waals surface area contributed by atoms with Crippen molar-refractivity contribution in [2.24, 2.45) is 5.41 Å². The number of aryl methyl sites for hydroxylation is 1. The Morgan fingerprint density at radius 1 is 0.971 bits per heavy atom. The number of β-amino-alcohol motifs (C(OH)–C–C–N with tert-alkyl or cyclic N) is 1. The number of ether oxygens (including phenoxy) is 2. The zero-order chi connectivity index (χ0) is 50.1. The smallest absolute Gasteiger partial charge is 0.421 e. The molecule has 2 aromatic heterocycles. The standard InChI is InChI=1S/C47H56F3N9O8S2/c1-29-40(68-28-54-29)32-12-10-30(11-13-32)24-52-43(62)38-23-35(60)27-59(38)44(63)41(46(2,3)4)56-39(61)18-19-66-20-21-67-36-16-14-33(15-17-36)55-45-53-26-37(47(48,49)50)42(57-45)51-25-31-8-7-9-34(22-31)58(5)69(6,64)65/h7-17,22,26,28,35,38,41,60H,18-21,23-25,27H2,1-6H3,(H,52,62)(H,56,61)(H2,51,53,55,57)/t35-,38+,41-/m1/s1. The fourth-order valence-corrected chi connectivity index (χ4v) is 8.59. The Balaban J connectivity index is 0.939. The first kappa shape index (κ1) is 52.0. The molecule has 17 nitrogen and oxygen atoms in total. The van der Waals surface area contributed by atoms with E-state index in [4.69, 9.17) is 9.47 Å². The van der Waals surface area contributed by atoms with Crippen LogP contribution < -0.4 is 30.3 Å². The minimum absolute atomic E-state index is 0.0260. The van der Waals surface area contributed by atoms with Gasteiger partial charge in [-0.05, 0) is 65.4 Å². The predicted octanol–water partition coefficient (Wildman–Crippen LogP) is 6.27. The average molecular weight is 996 g/mol. The predicted molar refractivity (Wildman–Crippen MR) is 256 cm³/mol. The third-order valence-corrected chi connectivity index (χ3v) is 13.3. The second-order valence-electron chi connectivity index (χ2n) is 17.5. The molecular weight excluding hydrogens is 940 g/mol. The van der Waals surface area contributed by atoms with Gasteiger partial charge in [-0.3, -0.25) is 18.7 Å². The van der Waals surface area contributed by atoms with E-state index in [1.54, 1.807) is 86.1 Å². The number of hydrogen-bond donors (Lipinski definition) is 5. The molecule has 3 amide bonds. The fourth-order valence-electron chi connectivity index (χ4n) is 7.29. The molecule has 1 saturated heterocycles. The van der Waals surface area contributed by atoms with Gasteiger partial charge >= 0.3 is 6.18 Å². The van der Waals surface area contributed by atoms with Crippen molar-refractivity contribution < 1.29 is 50.6 Å². The zero-order valence-corrected chi connectivity index (χ0v) is 40.6. The number of likely N-dealkylation sites (tertiary alicyclic amines) is 1. The van der Waals surface area contributed by atoms with Gasteiger partial charge in [0.05, 0.1) is 47.3 Å². The van der Waals surface area contributed by atoms with Crippen LogP contribution in [0, 0.1) is 12.3 Å². The number of carbonyl (C=O) groups is 3. The summed E-state index contributed by atoms with van der Waals surface area (Å²) in [5.41, 5.74) is 4.13. The first-order valence-corrected chi connectivity index (χ1v) is 24.6. The molecule has 6 rings (SSSR count). The topological polar surface area (TPSA) is 217 Å². The number of halogens is 3. The van der Waals surface area contributed by atoms with E-state index in [-0.39, 0.29) is 58.2 Å². The van der Waals surface area contributed by atoms with Gasteiger partial charge in [-0.2, -0.15) is 18.2 Å². The Hall–Kier alpha value is -6.36. The maximum absolute atomic E-state index is 14.0. The van der Waals surface area contributed by atoms with Crippen LogP contribution in [-0.2, 0) is 48.4 Å². The van der Waals surface area contributed by atoms with E-state index >= 15 is 0 Å². The molecule has 1 aliphatic heterocycles. The van der Waals surface area contributed by atoms with E-state index in [0.29, 0.717) is 28.9 Å². The van der Waals surface area contributed by atoms with Crippen LogP contribution in [0.3, 0.4) is 0 Å². The summed E-state index contributed by atoms with van der Waals surface area (Å²) >= 11 is 1.55. The van der Waals surface area contributed by atoms with Crippen LogP contribution in [0.25, 0.3) is 10.4 Å². The van der Waals surface area contributed by atoms with Gasteiger partial charge < -0.3 is 40.7 Å². The van der Waals surface area contributed by atoms with Gasteiger partial charge in [0.15, 0.2) is 0 Å². The van der Waals surface area contributed by atoms with Crippen molar-refractivity contribution in [3.63, 3.8) is 0 Å². The highest BCUT2D eigenvalue weighted by molar-refractivity contribution is 7.92. The van der Waals surface area contributed by atoms with E-state index in [0.717, 1.165) is 32.3 Å². The Kier molecular flexibility index (Phi) is 16.9. The first-order valence-electron chi connectivity index (χ1n) is 21.9.